The van der Waals surface area contributed by atoms with Crippen LogP contribution < -0.4 is 10.6 Å². The normalized spacial score (nSPS) is 20.6. The number of amides is 1. The lowest BCUT2D eigenvalue weighted by Gasteiger charge is -2.48. The first-order chi connectivity index (χ1) is 20.8. The summed E-state index contributed by atoms with van der Waals surface area (Å²) < 4.78 is 43.1. The molecule has 0 bridgehead atoms. The van der Waals surface area contributed by atoms with Crippen molar-refractivity contribution < 1.29 is 42.1 Å². The molecule has 0 spiro atoms. The van der Waals surface area contributed by atoms with E-state index in [1.807, 2.05) is 59.5 Å². The van der Waals surface area contributed by atoms with Crippen LogP contribution in [-0.4, -0.2) is 56.3 Å². The Kier molecular flexibility index (Phi) is 10.4. The van der Waals surface area contributed by atoms with Gasteiger partial charge in [0, 0.05) is 5.92 Å². The first kappa shape index (κ1) is 33.5. The molecule has 2 heterocycles. The van der Waals surface area contributed by atoms with Crippen molar-refractivity contribution in [1.82, 2.24) is 4.90 Å². The van der Waals surface area contributed by atoms with Crippen molar-refractivity contribution in [3.63, 3.8) is 0 Å². The number of benzene rings is 2. The molecular weight excluding hydrogens is 601 g/mol. The van der Waals surface area contributed by atoms with Gasteiger partial charge in [-0.3, -0.25) is 14.3 Å². The van der Waals surface area contributed by atoms with Gasteiger partial charge in [-0.05, 0) is 63.7 Å². The van der Waals surface area contributed by atoms with E-state index in [9.17, 15) is 18.9 Å². The Morgan fingerprint density at radius 3 is 1.98 bits per heavy atom. The van der Waals surface area contributed by atoms with Crippen molar-refractivity contribution in [2.75, 3.05) is 6.79 Å². The van der Waals surface area contributed by atoms with Crippen LogP contribution in [0.1, 0.15) is 40.5 Å². The number of hydrogen-bond donors (Lipinski definition) is 0. The molecule has 0 radical (unpaired) electrons. The van der Waals surface area contributed by atoms with Crippen LogP contribution in [0.25, 0.3) is 0 Å². The molecule has 2 aliphatic rings. The van der Waals surface area contributed by atoms with Crippen molar-refractivity contribution in [2.45, 2.75) is 78.4 Å². The van der Waals surface area contributed by atoms with Crippen molar-refractivity contribution in [3.05, 3.63) is 72.1 Å². The summed E-state index contributed by atoms with van der Waals surface area (Å²) in [6.07, 6.45) is -0.478. The average Bonchev–Trinajstić information content (AvgIpc) is 3.23. The molecule has 0 unspecified atom stereocenters. The predicted octanol–water partition coefficient (Wildman–Crippen LogP) is 5.70. The van der Waals surface area contributed by atoms with E-state index in [-0.39, 0.29) is 23.5 Å². The maximum absolute atomic E-state index is 14.9. The van der Waals surface area contributed by atoms with Gasteiger partial charge in [-0.1, -0.05) is 57.2 Å². The van der Waals surface area contributed by atoms with Gasteiger partial charge in [0.25, 0.3) is 0 Å². The third-order valence-electron chi connectivity index (χ3n) is 7.79. The number of rotatable bonds is 13. The van der Waals surface area contributed by atoms with Crippen LogP contribution in [0.4, 0.5) is 4.79 Å². The van der Waals surface area contributed by atoms with Crippen molar-refractivity contribution in [2.24, 2.45) is 11.8 Å². The number of nitrogens with zero attached hydrogens (tertiary/aromatic N) is 1. The fourth-order valence-electron chi connectivity index (χ4n) is 5.72. The van der Waals surface area contributed by atoms with Crippen LogP contribution in [-0.2, 0) is 37.3 Å². The highest BCUT2D eigenvalue weighted by atomic mass is 31.2. The van der Waals surface area contributed by atoms with Gasteiger partial charge in [-0.2, -0.15) is 0 Å². The molecule has 44 heavy (non-hydrogen) atoms. The highest BCUT2D eigenvalue weighted by Crippen LogP contribution is 2.55. The Labute approximate surface area is 260 Å². The molecule has 0 saturated carbocycles. The summed E-state index contributed by atoms with van der Waals surface area (Å²) in [5, 5.41) is 0.859. The monoisotopic (exact) mass is 643 g/mol. The third-order valence-corrected chi connectivity index (χ3v) is 11.3. The molecule has 4 atom stereocenters. The lowest BCUT2D eigenvalue weighted by molar-refractivity contribution is -0.166. The fourth-order valence-corrected chi connectivity index (χ4v) is 9.15. The van der Waals surface area contributed by atoms with Crippen LogP contribution >= 0.6 is 7.37 Å². The Bertz CT molecular complexity index is 1380. The van der Waals surface area contributed by atoms with Gasteiger partial charge in [-0.25, -0.2) is 9.59 Å². The minimum atomic E-state index is -3.81. The fraction of sp³-hybridized carbons (Fsp3) is 0.469. The van der Waals surface area contributed by atoms with Gasteiger partial charge < -0.3 is 23.2 Å². The summed E-state index contributed by atoms with van der Waals surface area (Å²) in [7, 11) is -5.81. The number of hydrogen-bond acceptors (Lipinski definition) is 9. The molecule has 2 aliphatic heterocycles. The molecule has 10 nitrogen and oxygen atoms in total. The molecule has 1 amide bonds. The quantitative estimate of drug-likeness (QED) is 0.0890. The predicted molar refractivity (Wildman–Crippen MR) is 168 cm³/mol. The van der Waals surface area contributed by atoms with Crippen LogP contribution in [0.2, 0.25) is 19.6 Å². The number of ether oxygens (including phenoxy) is 3. The average molecular weight is 644 g/mol. The van der Waals surface area contributed by atoms with Crippen LogP contribution in [0.5, 0.6) is 0 Å². The Morgan fingerprint density at radius 1 is 0.932 bits per heavy atom. The second kappa shape index (κ2) is 13.7. The van der Waals surface area contributed by atoms with E-state index in [0.29, 0.717) is 23.5 Å². The molecule has 0 aliphatic carbocycles. The summed E-state index contributed by atoms with van der Waals surface area (Å²) in [4.78, 5) is 40.7. The first-order valence-electron chi connectivity index (χ1n) is 15.0. The highest BCUT2D eigenvalue weighted by Gasteiger charge is 2.62. The van der Waals surface area contributed by atoms with Gasteiger partial charge in [0.05, 0.1) is 28.7 Å². The zero-order valence-corrected chi connectivity index (χ0v) is 28.2. The number of carbonyl (C=O) groups is 3. The van der Waals surface area contributed by atoms with E-state index in [0.717, 1.165) is 0 Å². The zero-order valence-electron chi connectivity index (χ0n) is 26.4. The third kappa shape index (κ3) is 6.95. The van der Waals surface area contributed by atoms with Gasteiger partial charge >= 0.3 is 19.5 Å². The number of carbonyl (C=O) groups excluding carboxylic acids is 3. The van der Waals surface area contributed by atoms with Crippen LogP contribution in [0.3, 0.4) is 0 Å². The second-order valence-corrected chi connectivity index (χ2v) is 18.8. The second-order valence-electron chi connectivity index (χ2n) is 12.0. The van der Waals surface area contributed by atoms with E-state index in [4.69, 9.17) is 23.2 Å². The summed E-state index contributed by atoms with van der Waals surface area (Å²) in [5.41, 5.74) is -0.159. The molecule has 2 aromatic rings. The highest BCUT2D eigenvalue weighted by molar-refractivity contribution is 7.74. The molecule has 0 aromatic heterocycles. The number of esters is 1. The standard InChI is InChI=1S/C32H42NO9PSi/c1-8-23(9-2)40-32(36)39-20-38-31(35)28-29(21(3)27-26(30(34)33(27)28)22(4)42-44(5,6)7)41-43(37,24-16-12-10-13-17-24)25-18-14-11-15-19-25/h10-19,21-23,26-27H,8-9,20H2,1-7H3/t21-,22-,26-,27-/m1/s1. The van der Waals surface area contributed by atoms with E-state index in [2.05, 4.69) is 0 Å². The molecule has 0 N–H and O–H groups in total. The molecule has 1 fully saturated rings. The largest absolute Gasteiger partial charge is 0.511 e. The number of fused-ring (bicyclic) bond motifs is 1. The summed E-state index contributed by atoms with van der Waals surface area (Å²) in [6.45, 7) is 12.8. The Morgan fingerprint density at radius 2 is 1.48 bits per heavy atom. The molecule has 1 saturated heterocycles. The van der Waals surface area contributed by atoms with E-state index in [1.54, 1.807) is 48.5 Å². The van der Waals surface area contributed by atoms with E-state index >= 15 is 0 Å². The Balaban J connectivity index is 1.68. The molecule has 2 aromatic carbocycles. The van der Waals surface area contributed by atoms with Crippen LogP contribution in [0, 0.1) is 11.8 Å². The van der Waals surface area contributed by atoms with Gasteiger partial charge in [-0.15, -0.1) is 0 Å². The molecule has 238 valence electrons. The summed E-state index contributed by atoms with van der Waals surface area (Å²) in [5.74, 6) is -2.25. The maximum Gasteiger partial charge on any atom is 0.511 e. The van der Waals surface area contributed by atoms with Crippen molar-refractivity contribution in [1.29, 1.82) is 0 Å². The van der Waals surface area contributed by atoms with Gasteiger partial charge in [0.1, 0.15) is 11.9 Å². The minimum absolute atomic E-state index is 0.0756. The lowest BCUT2D eigenvalue weighted by Crippen LogP contribution is -2.64. The van der Waals surface area contributed by atoms with Crippen LogP contribution in [0.15, 0.2) is 72.1 Å². The van der Waals surface area contributed by atoms with Crippen molar-refractivity contribution in [3.8, 4) is 0 Å². The Hall–Kier alpha value is -3.40. The SMILES string of the molecule is CCC(CC)OC(=O)OCOC(=O)C1=C(OP(=O)(c2ccccc2)c2ccccc2)[C@H](C)[C@@H]2[C@@H]([C@@H](C)O[Si](C)(C)C)C(=O)N12. The number of β-lactam (4-membered cyclic amide) rings is 1. The molecule has 12 heteroatoms. The zero-order chi connectivity index (χ0) is 32.2. The first-order valence-corrected chi connectivity index (χ1v) is 20.0. The molecule has 4 rings (SSSR count). The van der Waals surface area contributed by atoms with Crippen molar-refractivity contribution >= 4 is 44.3 Å². The van der Waals surface area contributed by atoms with E-state index in [1.165, 1.54) is 4.90 Å². The maximum atomic E-state index is 14.9. The minimum Gasteiger partial charge on any atom is -0.439 e. The summed E-state index contributed by atoms with van der Waals surface area (Å²) >= 11 is 0. The summed E-state index contributed by atoms with van der Waals surface area (Å²) in [6, 6.07) is 17.0. The topological polar surface area (TPSA) is 118 Å². The van der Waals surface area contributed by atoms with Gasteiger partial charge in [0.2, 0.25) is 12.7 Å². The van der Waals surface area contributed by atoms with E-state index < -0.39 is 58.6 Å². The lowest BCUT2D eigenvalue weighted by atomic mass is 9.79. The van der Waals surface area contributed by atoms with Gasteiger partial charge in [0.15, 0.2) is 14.0 Å². The molecular formula is C32H42NO9PSi. The smallest absolute Gasteiger partial charge is 0.439 e.